The van der Waals surface area contributed by atoms with E-state index in [4.69, 9.17) is 0 Å². The number of carbonyl (C=O) groups excluding carboxylic acids is 1. The molecule has 2 aromatic carbocycles. The number of sulfonamides is 1. The first kappa shape index (κ1) is 24.4. The van der Waals surface area contributed by atoms with Crippen LogP contribution in [0.1, 0.15) is 32.1 Å². The Morgan fingerprint density at radius 1 is 1.03 bits per heavy atom. The third-order valence-corrected chi connectivity index (χ3v) is 8.56. The lowest BCUT2D eigenvalue weighted by Gasteiger charge is -2.33. The molecule has 0 spiro atoms. The summed E-state index contributed by atoms with van der Waals surface area (Å²) in [6.45, 7) is 0.216. The molecule has 1 saturated carbocycles. The number of nitrogens with zero attached hydrogens (tertiary/aromatic N) is 3. The monoisotopic (exact) mass is 499 g/mol. The molecule has 0 radical (unpaired) electrons. The molecular formula is C24H29N5O3S2. The number of rotatable bonds is 10. The first-order chi connectivity index (χ1) is 16.5. The van der Waals surface area contributed by atoms with Crippen LogP contribution in [0.4, 0.5) is 0 Å². The van der Waals surface area contributed by atoms with Crippen molar-refractivity contribution < 1.29 is 13.2 Å². The van der Waals surface area contributed by atoms with Crippen LogP contribution in [0.5, 0.6) is 0 Å². The van der Waals surface area contributed by atoms with E-state index in [1.807, 2.05) is 30.3 Å². The minimum Gasteiger partial charge on any atom is -0.354 e. The lowest BCUT2D eigenvalue weighted by Crippen LogP contribution is -2.47. The topological polar surface area (TPSA) is 108 Å². The lowest BCUT2D eigenvalue weighted by atomic mass is 9.95. The van der Waals surface area contributed by atoms with Crippen LogP contribution < -0.4 is 5.32 Å². The molecule has 0 bridgehead atoms. The van der Waals surface area contributed by atoms with Crippen molar-refractivity contribution in [3.8, 4) is 11.4 Å². The highest BCUT2D eigenvalue weighted by atomic mass is 32.2. The van der Waals surface area contributed by atoms with Crippen LogP contribution in [0.2, 0.25) is 0 Å². The summed E-state index contributed by atoms with van der Waals surface area (Å²) >= 11 is 1.43. The maximum Gasteiger partial charge on any atom is 0.243 e. The number of amides is 1. The fourth-order valence-corrected chi connectivity index (χ4v) is 6.39. The van der Waals surface area contributed by atoms with Crippen molar-refractivity contribution in [3.63, 3.8) is 0 Å². The molecule has 10 heteroatoms. The molecular weight excluding hydrogens is 470 g/mol. The van der Waals surface area contributed by atoms with E-state index in [0.717, 1.165) is 37.7 Å². The number of hydrogen-bond donors (Lipinski definition) is 2. The number of benzene rings is 2. The number of aromatic nitrogens is 3. The number of carbonyl (C=O) groups is 1. The molecule has 2 N–H and O–H groups in total. The highest BCUT2D eigenvalue weighted by molar-refractivity contribution is 7.99. The Morgan fingerprint density at radius 3 is 2.41 bits per heavy atom. The van der Waals surface area contributed by atoms with Crippen molar-refractivity contribution in [3.05, 3.63) is 60.7 Å². The highest BCUT2D eigenvalue weighted by Gasteiger charge is 2.33. The van der Waals surface area contributed by atoms with Gasteiger partial charge in [-0.3, -0.25) is 9.89 Å². The molecule has 0 aliphatic heterocycles. The zero-order valence-corrected chi connectivity index (χ0v) is 20.5. The van der Waals surface area contributed by atoms with Crippen molar-refractivity contribution in [1.82, 2.24) is 24.8 Å². The first-order valence-corrected chi connectivity index (χ1v) is 13.9. The van der Waals surface area contributed by atoms with Gasteiger partial charge in [0, 0.05) is 23.9 Å². The van der Waals surface area contributed by atoms with Gasteiger partial charge in [0.25, 0.3) is 0 Å². The number of hydrogen-bond acceptors (Lipinski definition) is 6. The average molecular weight is 500 g/mol. The molecule has 1 aliphatic rings. The number of H-pyrrole nitrogens is 1. The molecule has 1 fully saturated rings. The quantitative estimate of drug-likeness (QED) is 0.325. The zero-order chi connectivity index (χ0) is 23.8. The Bertz CT molecular complexity index is 1160. The van der Waals surface area contributed by atoms with E-state index in [2.05, 4.69) is 20.5 Å². The Balaban J connectivity index is 1.32. The summed E-state index contributed by atoms with van der Waals surface area (Å²) in [4.78, 5) is 17.4. The van der Waals surface area contributed by atoms with Crippen molar-refractivity contribution in [2.75, 3.05) is 18.8 Å². The molecule has 0 saturated heterocycles. The lowest BCUT2D eigenvalue weighted by molar-refractivity contribution is -0.121. The van der Waals surface area contributed by atoms with E-state index in [1.165, 1.54) is 16.1 Å². The van der Waals surface area contributed by atoms with Crippen molar-refractivity contribution >= 4 is 27.7 Å². The molecule has 34 heavy (non-hydrogen) atoms. The fourth-order valence-electron chi connectivity index (χ4n) is 4.07. The van der Waals surface area contributed by atoms with Crippen LogP contribution in [-0.4, -0.2) is 58.7 Å². The summed E-state index contributed by atoms with van der Waals surface area (Å²) in [5.74, 6) is 0.971. The fraction of sp³-hybridized carbons (Fsp3) is 0.375. The predicted molar refractivity (Wildman–Crippen MR) is 133 cm³/mol. The summed E-state index contributed by atoms with van der Waals surface area (Å²) < 4.78 is 28.0. The van der Waals surface area contributed by atoms with E-state index < -0.39 is 10.0 Å². The number of aromatic amines is 1. The third kappa shape index (κ3) is 6.25. The van der Waals surface area contributed by atoms with E-state index >= 15 is 0 Å². The molecule has 3 aromatic rings. The first-order valence-electron chi connectivity index (χ1n) is 11.5. The van der Waals surface area contributed by atoms with Gasteiger partial charge in [0.15, 0.2) is 5.82 Å². The standard InChI is InChI=1S/C24H29N5O3S2/c30-22(25-16-17-33-24-26-23(27-28-24)19-10-4-1-5-11-19)18-29(20-12-6-2-7-13-20)34(31,32)21-14-8-3-9-15-21/h1,3-5,8-11,14-15,20H,2,6-7,12-13,16-18H2,(H,25,30)(H,26,27,28). The minimum absolute atomic E-state index is 0.149. The van der Waals surface area contributed by atoms with E-state index in [1.54, 1.807) is 30.3 Å². The molecule has 0 atom stereocenters. The maximum atomic E-state index is 13.3. The second-order valence-electron chi connectivity index (χ2n) is 8.19. The Hall–Kier alpha value is -2.69. The maximum absolute atomic E-state index is 13.3. The molecule has 1 aromatic heterocycles. The van der Waals surface area contributed by atoms with Gasteiger partial charge in [-0.05, 0) is 25.0 Å². The van der Waals surface area contributed by atoms with Crippen molar-refractivity contribution in [2.24, 2.45) is 0 Å². The Labute approximate surface area is 204 Å². The van der Waals surface area contributed by atoms with Gasteiger partial charge in [0.05, 0.1) is 11.4 Å². The largest absolute Gasteiger partial charge is 0.354 e. The van der Waals surface area contributed by atoms with E-state index in [0.29, 0.717) is 23.3 Å². The number of nitrogens with one attached hydrogen (secondary N) is 2. The second kappa shape index (κ2) is 11.6. The van der Waals surface area contributed by atoms with Gasteiger partial charge in [-0.2, -0.15) is 4.31 Å². The zero-order valence-electron chi connectivity index (χ0n) is 18.9. The van der Waals surface area contributed by atoms with Crippen LogP contribution in [0, 0.1) is 0 Å². The SMILES string of the molecule is O=C(CN(C1CCCCC1)S(=O)(=O)c1ccccc1)NCCSc1n[nH]c(-c2ccccc2)n1. The predicted octanol–water partition coefficient (Wildman–Crippen LogP) is 3.70. The molecule has 1 heterocycles. The minimum atomic E-state index is -3.75. The number of thioether (sulfide) groups is 1. The van der Waals surface area contributed by atoms with Gasteiger partial charge in [0.1, 0.15) is 0 Å². The van der Waals surface area contributed by atoms with Gasteiger partial charge in [-0.1, -0.05) is 79.6 Å². The average Bonchev–Trinajstić information content (AvgIpc) is 3.36. The van der Waals surface area contributed by atoms with Crippen LogP contribution >= 0.6 is 11.8 Å². The van der Waals surface area contributed by atoms with Crippen LogP contribution in [0.25, 0.3) is 11.4 Å². The van der Waals surface area contributed by atoms with Crippen molar-refractivity contribution in [2.45, 2.75) is 48.2 Å². The summed E-state index contributed by atoms with van der Waals surface area (Å²) in [6, 6.07) is 17.9. The second-order valence-corrected chi connectivity index (χ2v) is 11.1. The molecule has 8 nitrogen and oxygen atoms in total. The van der Waals surface area contributed by atoms with Gasteiger partial charge < -0.3 is 5.32 Å². The van der Waals surface area contributed by atoms with Gasteiger partial charge in [0.2, 0.25) is 21.1 Å². The normalized spacial score (nSPS) is 14.9. The molecule has 1 amide bonds. The third-order valence-electron chi connectivity index (χ3n) is 5.80. The Morgan fingerprint density at radius 2 is 1.71 bits per heavy atom. The van der Waals surface area contributed by atoms with Gasteiger partial charge in [-0.25, -0.2) is 13.4 Å². The summed E-state index contributed by atoms with van der Waals surface area (Å²) in [7, 11) is -3.75. The van der Waals surface area contributed by atoms with Gasteiger partial charge in [-0.15, -0.1) is 5.10 Å². The summed E-state index contributed by atoms with van der Waals surface area (Å²) in [6.07, 6.45) is 4.62. The van der Waals surface area contributed by atoms with Gasteiger partial charge >= 0.3 is 0 Å². The molecule has 180 valence electrons. The molecule has 4 rings (SSSR count). The summed E-state index contributed by atoms with van der Waals surface area (Å²) in [5, 5.41) is 10.6. The highest BCUT2D eigenvalue weighted by Crippen LogP contribution is 2.27. The van der Waals surface area contributed by atoms with Crippen LogP contribution in [-0.2, 0) is 14.8 Å². The van der Waals surface area contributed by atoms with Crippen molar-refractivity contribution in [1.29, 1.82) is 0 Å². The smallest absolute Gasteiger partial charge is 0.243 e. The molecule has 0 unspecified atom stereocenters. The van der Waals surface area contributed by atoms with E-state index in [-0.39, 0.29) is 23.4 Å². The summed E-state index contributed by atoms with van der Waals surface area (Å²) in [5.41, 5.74) is 0.956. The molecule has 1 aliphatic carbocycles. The van der Waals surface area contributed by atoms with E-state index in [9.17, 15) is 13.2 Å². The van der Waals surface area contributed by atoms with Crippen LogP contribution in [0.3, 0.4) is 0 Å². The van der Waals surface area contributed by atoms with Crippen LogP contribution in [0.15, 0.2) is 70.7 Å². The Kier molecular flexibility index (Phi) is 8.36.